The van der Waals surface area contributed by atoms with Gasteiger partial charge in [-0.1, -0.05) is 0 Å². The molecular formula is C16H25ClN4O2. The van der Waals surface area contributed by atoms with Crippen LogP contribution in [0.1, 0.15) is 39.3 Å². The zero-order valence-corrected chi connectivity index (χ0v) is 14.8. The molecule has 1 saturated heterocycles. The fourth-order valence-electron chi connectivity index (χ4n) is 2.58. The highest BCUT2D eigenvalue weighted by Crippen LogP contribution is 2.18. The van der Waals surface area contributed by atoms with Crippen LogP contribution in [-0.4, -0.2) is 46.2 Å². The monoisotopic (exact) mass is 340 g/mol. The van der Waals surface area contributed by atoms with Gasteiger partial charge in [-0.2, -0.15) is 0 Å². The number of rotatable bonds is 4. The number of nitrogens with one attached hydrogen (secondary N) is 1. The predicted molar refractivity (Wildman–Crippen MR) is 89.3 cm³/mol. The van der Waals surface area contributed by atoms with Crippen LogP contribution in [0.2, 0.25) is 5.28 Å². The van der Waals surface area contributed by atoms with Crippen molar-refractivity contribution in [2.24, 2.45) is 5.92 Å². The molecule has 2 rings (SSSR count). The number of aromatic nitrogens is 2. The van der Waals surface area contributed by atoms with Gasteiger partial charge in [0.2, 0.25) is 5.28 Å². The molecule has 1 aromatic rings. The summed E-state index contributed by atoms with van der Waals surface area (Å²) in [4.78, 5) is 22.1. The third-order valence-electron chi connectivity index (χ3n) is 3.71. The molecule has 1 aliphatic rings. The molecule has 0 bridgehead atoms. The zero-order valence-electron chi connectivity index (χ0n) is 14.0. The maximum Gasteiger partial charge on any atom is 0.407 e. The van der Waals surface area contributed by atoms with Crippen LogP contribution in [-0.2, 0) is 11.3 Å². The zero-order chi connectivity index (χ0) is 16.9. The first-order chi connectivity index (χ1) is 10.8. The number of hydrogen-bond acceptors (Lipinski definition) is 5. The van der Waals surface area contributed by atoms with Gasteiger partial charge >= 0.3 is 6.09 Å². The fraction of sp³-hybridized carbons (Fsp3) is 0.688. The Morgan fingerprint density at radius 2 is 2.13 bits per heavy atom. The van der Waals surface area contributed by atoms with Crippen molar-refractivity contribution in [1.29, 1.82) is 0 Å². The van der Waals surface area contributed by atoms with Crippen molar-refractivity contribution in [3.8, 4) is 0 Å². The number of likely N-dealkylation sites (tertiary alicyclic amines) is 1. The summed E-state index contributed by atoms with van der Waals surface area (Å²) in [5, 5.41) is 3.15. The van der Waals surface area contributed by atoms with E-state index in [1.165, 1.54) is 0 Å². The Hall–Kier alpha value is -1.40. The minimum Gasteiger partial charge on any atom is -0.444 e. The molecular weight excluding hydrogens is 316 g/mol. The molecule has 7 heteroatoms. The lowest BCUT2D eigenvalue weighted by molar-refractivity contribution is 0.0509. The van der Waals surface area contributed by atoms with Crippen LogP contribution < -0.4 is 5.32 Å². The van der Waals surface area contributed by atoms with Crippen LogP contribution >= 0.6 is 11.6 Å². The Balaban J connectivity index is 1.69. The van der Waals surface area contributed by atoms with Crippen molar-refractivity contribution in [2.45, 2.75) is 45.8 Å². The van der Waals surface area contributed by atoms with Crippen molar-refractivity contribution >= 4 is 17.7 Å². The number of carbonyl (C=O) groups excluding carboxylic acids is 1. The molecule has 0 unspecified atom stereocenters. The van der Waals surface area contributed by atoms with E-state index in [9.17, 15) is 4.79 Å². The van der Waals surface area contributed by atoms with E-state index >= 15 is 0 Å². The highest BCUT2D eigenvalue weighted by molar-refractivity contribution is 6.28. The first kappa shape index (κ1) is 17.9. The Morgan fingerprint density at radius 1 is 1.43 bits per heavy atom. The van der Waals surface area contributed by atoms with Gasteiger partial charge in [0.05, 0.1) is 5.69 Å². The van der Waals surface area contributed by atoms with E-state index in [4.69, 9.17) is 16.3 Å². The van der Waals surface area contributed by atoms with Gasteiger partial charge in [-0.3, -0.25) is 4.90 Å². The summed E-state index contributed by atoms with van der Waals surface area (Å²) in [5.41, 5.74) is 0.488. The van der Waals surface area contributed by atoms with Crippen molar-refractivity contribution in [3.05, 3.63) is 23.2 Å². The van der Waals surface area contributed by atoms with Gasteiger partial charge in [0.15, 0.2) is 0 Å². The van der Waals surface area contributed by atoms with E-state index in [0.717, 1.165) is 38.2 Å². The van der Waals surface area contributed by atoms with Crippen molar-refractivity contribution in [1.82, 2.24) is 20.2 Å². The summed E-state index contributed by atoms with van der Waals surface area (Å²) in [5.74, 6) is 0.493. The van der Waals surface area contributed by atoms with Crippen LogP contribution in [0.5, 0.6) is 0 Å². The van der Waals surface area contributed by atoms with Crippen LogP contribution in [0.25, 0.3) is 0 Å². The van der Waals surface area contributed by atoms with Gasteiger partial charge < -0.3 is 10.1 Å². The molecule has 0 atom stereocenters. The SMILES string of the molecule is CC(C)(C)OC(=O)NCC1CCN(Cc2ccnc(Cl)n2)CC1. The number of carbonyl (C=O) groups is 1. The summed E-state index contributed by atoms with van der Waals surface area (Å²) < 4.78 is 5.25. The second kappa shape index (κ2) is 7.93. The van der Waals surface area contributed by atoms with Gasteiger partial charge in [0.25, 0.3) is 0 Å². The summed E-state index contributed by atoms with van der Waals surface area (Å²) in [7, 11) is 0. The second-order valence-corrected chi connectivity index (χ2v) is 7.26. The highest BCUT2D eigenvalue weighted by atomic mass is 35.5. The first-order valence-electron chi connectivity index (χ1n) is 7.98. The van der Waals surface area contributed by atoms with Crippen LogP contribution in [0.4, 0.5) is 4.79 Å². The molecule has 1 fully saturated rings. The minimum absolute atomic E-state index is 0.291. The topological polar surface area (TPSA) is 67.3 Å². The number of ether oxygens (including phenoxy) is 1. The molecule has 1 aliphatic heterocycles. The molecule has 128 valence electrons. The molecule has 23 heavy (non-hydrogen) atoms. The van der Waals surface area contributed by atoms with Crippen molar-refractivity contribution in [3.63, 3.8) is 0 Å². The number of nitrogens with zero attached hydrogens (tertiary/aromatic N) is 3. The summed E-state index contributed by atoms with van der Waals surface area (Å²) in [6.07, 6.45) is 3.45. The van der Waals surface area contributed by atoms with Crippen LogP contribution in [0.15, 0.2) is 12.3 Å². The molecule has 0 radical (unpaired) electrons. The Labute approximate surface area is 142 Å². The lowest BCUT2D eigenvalue weighted by Crippen LogP contribution is -2.40. The third kappa shape index (κ3) is 6.71. The molecule has 0 saturated carbocycles. The first-order valence-corrected chi connectivity index (χ1v) is 8.36. The number of hydrogen-bond donors (Lipinski definition) is 1. The Bertz CT molecular complexity index is 525. The molecule has 1 amide bonds. The maximum atomic E-state index is 11.7. The van der Waals surface area contributed by atoms with Gasteiger partial charge in [-0.25, -0.2) is 14.8 Å². The molecule has 0 aromatic carbocycles. The summed E-state index contributed by atoms with van der Waals surface area (Å²) in [6.45, 7) is 9.03. The van der Waals surface area contributed by atoms with Gasteiger partial charge in [0, 0.05) is 19.3 Å². The maximum absolute atomic E-state index is 11.7. The standard InChI is InChI=1S/C16H25ClN4O2/c1-16(2,3)23-15(22)19-10-12-5-8-21(9-6-12)11-13-4-7-18-14(17)20-13/h4,7,12H,5-6,8-11H2,1-3H3,(H,19,22). The van der Waals surface area contributed by atoms with Gasteiger partial charge in [-0.15, -0.1) is 0 Å². The van der Waals surface area contributed by atoms with Crippen molar-refractivity contribution < 1.29 is 9.53 Å². The summed E-state index contributed by atoms with van der Waals surface area (Å²) >= 11 is 5.81. The van der Waals surface area contributed by atoms with Gasteiger partial charge in [-0.05, 0) is 70.3 Å². The Morgan fingerprint density at radius 3 is 2.74 bits per heavy atom. The van der Waals surface area contributed by atoms with Gasteiger partial charge in [0.1, 0.15) is 5.60 Å². The molecule has 1 aromatic heterocycles. The number of piperidine rings is 1. The lowest BCUT2D eigenvalue weighted by Gasteiger charge is -2.31. The van der Waals surface area contributed by atoms with E-state index in [1.54, 1.807) is 6.20 Å². The molecule has 2 heterocycles. The molecule has 0 spiro atoms. The fourth-order valence-corrected chi connectivity index (χ4v) is 2.74. The second-order valence-electron chi connectivity index (χ2n) is 6.92. The van der Waals surface area contributed by atoms with Crippen LogP contribution in [0, 0.1) is 5.92 Å². The lowest BCUT2D eigenvalue weighted by atomic mass is 9.97. The highest BCUT2D eigenvalue weighted by Gasteiger charge is 2.21. The predicted octanol–water partition coefficient (Wildman–Crippen LogP) is 2.87. The van der Waals surface area contributed by atoms with Crippen molar-refractivity contribution in [2.75, 3.05) is 19.6 Å². The van der Waals surface area contributed by atoms with E-state index in [1.807, 2.05) is 26.8 Å². The normalized spacial score (nSPS) is 17.0. The summed E-state index contributed by atoms with van der Waals surface area (Å²) in [6, 6.07) is 1.89. The van der Waals surface area contributed by atoms with E-state index in [2.05, 4.69) is 20.2 Å². The quantitative estimate of drug-likeness (QED) is 0.854. The van der Waals surface area contributed by atoms with E-state index in [-0.39, 0.29) is 6.09 Å². The average molecular weight is 341 g/mol. The van der Waals surface area contributed by atoms with E-state index in [0.29, 0.717) is 17.7 Å². The number of halogens is 1. The number of amides is 1. The molecule has 1 N–H and O–H groups in total. The smallest absolute Gasteiger partial charge is 0.407 e. The average Bonchev–Trinajstić information content (AvgIpc) is 2.45. The number of alkyl carbamates (subject to hydrolysis) is 1. The third-order valence-corrected chi connectivity index (χ3v) is 3.89. The largest absolute Gasteiger partial charge is 0.444 e. The van der Waals surface area contributed by atoms with Crippen LogP contribution in [0.3, 0.4) is 0 Å². The van der Waals surface area contributed by atoms with E-state index < -0.39 is 5.60 Å². The molecule has 6 nitrogen and oxygen atoms in total. The Kier molecular flexibility index (Phi) is 6.18. The minimum atomic E-state index is -0.452. The molecule has 0 aliphatic carbocycles.